The van der Waals surface area contributed by atoms with Gasteiger partial charge < -0.3 is 4.42 Å². The molecule has 0 saturated heterocycles. The average molecular weight is 562 g/mol. The number of hydrogen-bond donors (Lipinski definition) is 0. The fourth-order valence-electron chi connectivity index (χ4n) is 5.95. The summed E-state index contributed by atoms with van der Waals surface area (Å²) >= 11 is 0. The molecule has 0 N–H and O–H groups in total. The molecule has 43 heavy (non-hydrogen) atoms. The number of hydrogen-bond acceptors (Lipinski definition) is 1. The second-order valence-corrected chi connectivity index (χ2v) is 10.1. The van der Waals surface area contributed by atoms with Crippen LogP contribution in [0.1, 0.15) is 20.6 Å². The maximum atomic E-state index is 9.30. The first-order valence-electron chi connectivity index (χ1n) is 21.1. The highest BCUT2D eigenvalue weighted by molar-refractivity contribution is 6.23. The van der Waals surface area contributed by atoms with Gasteiger partial charge in [0.1, 0.15) is 11.2 Å². The van der Waals surface area contributed by atoms with E-state index in [1.165, 1.54) is 0 Å². The summed E-state index contributed by atoms with van der Waals surface area (Å²) in [6.45, 7) is 0. The van der Waals surface area contributed by atoms with E-state index in [0.717, 1.165) is 21.9 Å². The molecule has 1 aromatic heterocycles. The molecule has 8 aromatic carbocycles. The zero-order valence-corrected chi connectivity index (χ0v) is 22.3. The van der Waals surface area contributed by atoms with E-state index in [-0.39, 0.29) is 32.7 Å². The number of furan rings is 1. The molecular formula is C42H26O. The molecule has 0 unspecified atom stereocenters. The van der Waals surface area contributed by atoms with Crippen LogP contribution in [0.2, 0.25) is 0 Å². The van der Waals surface area contributed by atoms with Crippen molar-refractivity contribution < 1.29 is 25.0 Å². The lowest BCUT2D eigenvalue weighted by Gasteiger charge is -2.19. The largest absolute Gasteiger partial charge is 0.455 e. The van der Waals surface area contributed by atoms with Crippen LogP contribution in [0.5, 0.6) is 0 Å². The summed E-state index contributed by atoms with van der Waals surface area (Å²) in [7, 11) is 0. The standard InChI is InChI=1S/C42H26O/c1-2-13-30-27(11-1)12-9-20-33(30)41-36-17-5-3-15-34(36)40(35-16-4-6-18-37(35)41)29-25-23-28(24-26-29)31-19-10-21-38-32-14-7-8-22-39(32)43-42(31)38/h1-26H/i1D,2D,3D,4D,5D,6D,9D,11D,12D,13D,15D,16D,17D,18D,20D. The van der Waals surface area contributed by atoms with E-state index in [4.69, 9.17) is 18.1 Å². The first-order valence-corrected chi connectivity index (χ1v) is 13.6. The van der Waals surface area contributed by atoms with Crippen molar-refractivity contribution in [2.24, 2.45) is 0 Å². The third-order valence-corrected chi connectivity index (χ3v) is 7.83. The van der Waals surface area contributed by atoms with Crippen molar-refractivity contribution in [1.82, 2.24) is 0 Å². The van der Waals surface area contributed by atoms with Crippen molar-refractivity contribution in [3.63, 3.8) is 0 Å². The zero-order valence-electron chi connectivity index (χ0n) is 37.3. The van der Waals surface area contributed by atoms with E-state index in [2.05, 4.69) is 0 Å². The molecule has 200 valence electrons. The van der Waals surface area contributed by atoms with Crippen LogP contribution in [-0.4, -0.2) is 0 Å². The Hall–Kier alpha value is -5.66. The van der Waals surface area contributed by atoms with Gasteiger partial charge in [-0.05, 0) is 66.2 Å². The fourth-order valence-corrected chi connectivity index (χ4v) is 5.95. The summed E-state index contributed by atoms with van der Waals surface area (Å²) in [5, 5.41) is 0.0491. The van der Waals surface area contributed by atoms with Crippen LogP contribution in [0.15, 0.2) is 162 Å². The predicted octanol–water partition coefficient (Wildman–Crippen LogP) is 12.0. The van der Waals surface area contributed by atoms with Crippen molar-refractivity contribution in [3.05, 3.63) is 157 Å². The molecular weight excluding hydrogens is 520 g/mol. The lowest BCUT2D eigenvalue weighted by molar-refractivity contribution is 0.670. The Balaban J connectivity index is 1.48. The van der Waals surface area contributed by atoms with E-state index in [1.807, 2.05) is 42.5 Å². The van der Waals surface area contributed by atoms with Crippen LogP contribution in [0.3, 0.4) is 0 Å². The van der Waals surface area contributed by atoms with Gasteiger partial charge in [-0.15, -0.1) is 0 Å². The molecule has 0 radical (unpaired) electrons. The van der Waals surface area contributed by atoms with Gasteiger partial charge in [-0.2, -0.15) is 0 Å². The fraction of sp³-hybridized carbons (Fsp3) is 0. The van der Waals surface area contributed by atoms with Gasteiger partial charge in [0.05, 0.1) is 20.6 Å². The van der Waals surface area contributed by atoms with Gasteiger partial charge in [-0.3, -0.25) is 0 Å². The molecule has 0 atom stereocenters. The minimum absolute atomic E-state index is 0.0298. The van der Waals surface area contributed by atoms with E-state index in [9.17, 15) is 6.85 Å². The Bertz CT molecular complexity index is 3250. The SMILES string of the molecule is [2H]c1c([2H])c([2H])c2c(-c3c4c([2H])c([2H])c([2H])c([2H])c4c(-c4ccc(-c5cccc6c5oc5ccccc56)cc4)c4c([2H])c([2H])c([2H])c([2H])c34)c([2H])c([2H])c([2H])c2c1[2H]. The molecule has 0 aliphatic carbocycles. The molecule has 0 aliphatic rings. The smallest absolute Gasteiger partial charge is 0.143 e. The third kappa shape index (κ3) is 3.65. The minimum Gasteiger partial charge on any atom is -0.455 e. The maximum Gasteiger partial charge on any atom is 0.143 e. The Kier molecular flexibility index (Phi) is 2.97. The van der Waals surface area contributed by atoms with E-state index < -0.39 is 107 Å². The van der Waals surface area contributed by atoms with Crippen LogP contribution in [0.25, 0.3) is 87.6 Å². The van der Waals surface area contributed by atoms with Crippen LogP contribution in [0, 0.1) is 0 Å². The van der Waals surface area contributed by atoms with E-state index >= 15 is 0 Å². The Morgan fingerprint density at radius 2 is 0.977 bits per heavy atom. The number of rotatable bonds is 3. The molecule has 0 spiro atoms. The normalized spacial score (nSPS) is 16.6. The topological polar surface area (TPSA) is 13.1 Å². The summed E-state index contributed by atoms with van der Waals surface area (Å²) in [6.07, 6.45) is 0. The summed E-state index contributed by atoms with van der Waals surface area (Å²) in [5.74, 6) is 0. The summed E-state index contributed by atoms with van der Waals surface area (Å²) in [6, 6.07) is 10.1. The highest BCUT2D eigenvalue weighted by Crippen LogP contribution is 2.45. The first-order chi connectivity index (χ1) is 27.6. The second-order valence-electron chi connectivity index (χ2n) is 10.1. The second kappa shape index (κ2) is 9.44. The molecule has 1 heterocycles. The van der Waals surface area contributed by atoms with Gasteiger partial charge in [0.15, 0.2) is 0 Å². The molecule has 9 rings (SSSR count). The van der Waals surface area contributed by atoms with Crippen molar-refractivity contribution in [1.29, 1.82) is 0 Å². The third-order valence-electron chi connectivity index (χ3n) is 7.83. The van der Waals surface area contributed by atoms with Crippen molar-refractivity contribution in [2.75, 3.05) is 0 Å². The molecule has 0 bridgehead atoms. The van der Waals surface area contributed by atoms with Gasteiger partial charge in [-0.25, -0.2) is 0 Å². The van der Waals surface area contributed by atoms with Gasteiger partial charge in [0.2, 0.25) is 0 Å². The minimum atomic E-state index is -0.755. The van der Waals surface area contributed by atoms with Crippen molar-refractivity contribution >= 4 is 54.3 Å². The highest BCUT2D eigenvalue weighted by Gasteiger charge is 2.18. The molecule has 0 amide bonds. The first kappa shape index (κ1) is 13.5. The Labute approximate surface area is 270 Å². The van der Waals surface area contributed by atoms with E-state index in [0.29, 0.717) is 16.7 Å². The lowest BCUT2D eigenvalue weighted by atomic mass is 9.84. The van der Waals surface area contributed by atoms with Gasteiger partial charge in [0.25, 0.3) is 0 Å². The molecule has 1 nitrogen and oxygen atoms in total. The summed E-state index contributed by atoms with van der Waals surface area (Å²) in [5.41, 5.74) is 2.39. The van der Waals surface area contributed by atoms with Crippen molar-refractivity contribution in [3.8, 4) is 33.4 Å². The van der Waals surface area contributed by atoms with Crippen LogP contribution >= 0.6 is 0 Å². The van der Waals surface area contributed by atoms with E-state index in [1.54, 1.807) is 24.3 Å². The highest BCUT2D eigenvalue weighted by atomic mass is 16.3. The molecule has 0 aliphatic heterocycles. The van der Waals surface area contributed by atoms with Crippen LogP contribution in [0.4, 0.5) is 0 Å². The quantitative estimate of drug-likeness (QED) is 0.196. The molecule has 9 aromatic rings. The number of benzene rings is 8. The number of para-hydroxylation sites is 2. The molecule has 0 fully saturated rings. The predicted molar refractivity (Wildman–Crippen MR) is 183 cm³/mol. The Morgan fingerprint density at radius 3 is 1.72 bits per heavy atom. The van der Waals surface area contributed by atoms with Gasteiger partial charge >= 0.3 is 0 Å². The van der Waals surface area contributed by atoms with Crippen LogP contribution < -0.4 is 0 Å². The Morgan fingerprint density at radius 1 is 0.395 bits per heavy atom. The zero-order chi connectivity index (χ0) is 41.4. The number of fused-ring (bicyclic) bond motifs is 6. The lowest BCUT2D eigenvalue weighted by Crippen LogP contribution is -1.91. The van der Waals surface area contributed by atoms with Crippen molar-refractivity contribution in [2.45, 2.75) is 0 Å². The maximum absolute atomic E-state index is 9.30. The molecule has 0 saturated carbocycles. The van der Waals surface area contributed by atoms with Crippen LogP contribution in [-0.2, 0) is 0 Å². The molecule has 1 heteroatoms. The van der Waals surface area contributed by atoms with Gasteiger partial charge in [0, 0.05) is 16.3 Å². The average Bonchev–Trinajstić information content (AvgIpc) is 3.62. The van der Waals surface area contributed by atoms with Gasteiger partial charge in [-0.1, -0.05) is 151 Å². The monoisotopic (exact) mass is 561 g/mol. The summed E-state index contributed by atoms with van der Waals surface area (Å²) in [4.78, 5) is 0. The summed E-state index contributed by atoms with van der Waals surface area (Å²) < 4.78 is 140.